The zero-order valence-electron chi connectivity index (χ0n) is 42.2. The van der Waals surface area contributed by atoms with Crippen molar-refractivity contribution in [1.29, 1.82) is 0 Å². The minimum Gasteiger partial charge on any atom is -0.508 e. The fourth-order valence-corrected chi connectivity index (χ4v) is 10.7. The maximum Gasteiger partial charge on any atom is 0.167 e. The molecule has 0 amide bonds. The van der Waals surface area contributed by atoms with E-state index < -0.39 is 0 Å². The molecule has 0 bridgehead atoms. The standard InChI is InChI=1S/C31H31N3O3.C29H27N3O2.C2H5ClO.CH4/c35-15-16-37-26-13-14-27(28(36)19-26)31-33-29(24-11-9-20-5-1-3-7-22(20)17-24)32-30(34-31)25-12-10-21-6-2-4-8-23(21)18-25;33-24-13-14-25(26(34)17-24)29-31-27(22-11-9-18-5-1-3-7-20(18)15-22)30-28(32-29)23-12-10-19-6-2-4-8-21(19)16-23;3-1-2-4;/h9-14,17-19,35-36H,1-8,15-16H2;9-17,33-34H,1-8H2;4H,1-2H2;1H4. The Kier molecular flexibility index (Phi) is 17.7. The Labute approximate surface area is 450 Å². The number of aromatic hydroxyl groups is 3. The first kappa shape index (κ1) is 53.6. The Morgan fingerprint density at radius 3 is 1.00 bits per heavy atom. The zero-order valence-corrected chi connectivity index (χ0v) is 43.0. The maximum absolute atomic E-state index is 10.8. The summed E-state index contributed by atoms with van der Waals surface area (Å²) < 4.78 is 5.46. The van der Waals surface area contributed by atoms with Crippen molar-refractivity contribution in [2.75, 3.05) is 25.7 Å². The third-order valence-corrected chi connectivity index (χ3v) is 14.7. The molecule has 76 heavy (non-hydrogen) atoms. The first-order chi connectivity index (χ1) is 36.7. The van der Waals surface area contributed by atoms with Gasteiger partial charge in [0.1, 0.15) is 29.6 Å². The van der Waals surface area contributed by atoms with E-state index in [4.69, 9.17) is 56.5 Å². The van der Waals surface area contributed by atoms with Crippen LogP contribution < -0.4 is 4.74 Å². The van der Waals surface area contributed by atoms with Crippen LogP contribution in [0.2, 0.25) is 0 Å². The highest BCUT2D eigenvalue weighted by Crippen LogP contribution is 2.37. The van der Waals surface area contributed by atoms with Crippen molar-refractivity contribution < 1.29 is 30.3 Å². The zero-order chi connectivity index (χ0) is 51.7. The van der Waals surface area contributed by atoms with Crippen molar-refractivity contribution in [1.82, 2.24) is 29.9 Å². The molecule has 4 aliphatic carbocycles. The van der Waals surface area contributed by atoms with Crippen LogP contribution in [-0.4, -0.2) is 81.1 Å². The molecule has 0 saturated heterocycles. The first-order valence-corrected chi connectivity index (χ1v) is 27.0. The van der Waals surface area contributed by atoms with Crippen molar-refractivity contribution in [2.24, 2.45) is 0 Å². The summed E-state index contributed by atoms with van der Waals surface area (Å²) in [5.41, 5.74) is 16.0. The van der Waals surface area contributed by atoms with E-state index in [9.17, 15) is 15.3 Å². The van der Waals surface area contributed by atoms with Crippen LogP contribution in [0.5, 0.6) is 23.0 Å². The maximum atomic E-state index is 10.8. The van der Waals surface area contributed by atoms with Crippen molar-refractivity contribution >= 4 is 11.6 Å². The number of hydrogen-bond donors (Lipinski definition) is 5. The lowest BCUT2D eigenvalue weighted by Gasteiger charge is -2.18. The predicted molar refractivity (Wildman–Crippen MR) is 301 cm³/mol. The molecule has 0 atom stereocenters. The van der Waals surface area contributed by atoms with Gasteiger partial charge in [0.2, 0.25) is 0 Å². The number of aliphatic hydroxyl groups excluding tert-OH is 2. The summed E-state index contributed by atoms with van der Waals surface area (Å²) in [7, 11) is 0. The molecular weight excluding hydrogens is 972 g/mol. The van der Waals surface area contributed by atoms with Gasteiger partial charge in [0, 0.05) is 40.3 Å². The minimum absolute atomic E-state index is 0. The second kappa shape index (κ2) is 25.1. The Balaban J connectivity index is 0.000000172. The van der Waals surface area contributed by atoms with Gasteiger partial charge in [0.25, 0.3) is 0 Å². The van der Waals surface area contributed by atoms with Crippen LogP contribution in [0.4, 0.5) is 0 Å². The molecule has 4 aliphatic rings. The van der Waals surface area contributed by atoms with Gasteiger partial charge in [-0.2, -0.15) is 0 Å². The highest BCUT2D eigenvalue weighted by Gasteiger charge is 2.21. The number of aryl methyl sites for hydroxylation is 8. The molecule has 0 saturated carbocycles. The van der Waals surface area contributed by atoms with Gasteiger partial charge in [-0.25, -0.2) is 29.9 Å². The number of nitrogens with zero attached hydrogens (tertiary/aromatic N) is 6. The van der Waals surface area contributed by atoms with Gasteiger partial charge in [-0.3, -0.25) is 0 Å². The number of fused-ring (bicyclic) bond motifs is 4. The molecule has 0 aliphatic heterocycles. The van der Waals surface area contributed by atoms with Crippen LogP contribution in [0, 0.1) is 0 Å². The summed E-state index contributed by atoms with van der Waals surface area (Å²) >= 11 is 4.94. The Morgan fingerprint density at radius 2 is 0.684 bits per heavy atom. The third-order valence-electron chi connectivity index (χ3n) is 14.6. The molecule has 0 unspecified atom stereocenters. The summed E-state index contributed by atoms with van der Waals surface area (Å²) in [6.45, 7) is 0.154. The van der Waals surface area contributed by atoms with Gasteiger partial charge < -0.3 is 30.3 Å². The van der Waals surface area contributed by atoms with E-state index in [0.717, 1.165) is 73.6 Å². The van der Waals surface area contributed by atoms with E-state index in [2.05, 4.69) is 72.8 Å². The molecule has 0 spiro atoms. The summed E-state index contributed by atoms with van der Waals surface area (Å²) in [4.78, 5) is 29.0. The number of ether oxygens (including phenoxy) is 1. The molecule has 0 radical (unpaired) electrons. The molecule has 12 rings (SSSR count). The van der Waals surface area contributed by atoms with E-state index in [0.29, 0.717) is 57.7 Å². The second-order valence-corrected chi connectivity index (χ2v) is 20.1. The fourth-order valence-electron chi connectivity index (χ4n) is 10.7. The topological polar surface area (TPSA) is 188 Å². The lowest BCUT2D eigenvalue weighted by Crippen LogP contribution is -2.05. The van der Waals surface area contributed by atoms with Crippen LogP contribution in [0.25, 0.3) is 68.3 Å². The summed E-state index contributed by atoms with van der Waals surface area (Å²) in [6.07, 6.45) is 18.6. The largest absolute Gasteiger partial charge is 0.508 e. The Bertz CT molecular complexity index is 3170. The van der Waals surface area contributed by atoms with Crippen molar-refractivity contribution in [3.05, 3.63) is 154 Å². The molecule has 13 heteroatoms. The average Bonchev–Trinajstić information content (AvgIpc) is 3.46. The second-order valence-electron chi connectivity index (χ2n) is 19.7. The van der Waals surface area contributed by atoms with E-state index >= 15 is 0 Å². The van der Waals surface area contributed by atoms with Gasteiger partial charge in [-0.1, -0.05) is 56.0 Å². The van der Waals surface area contributed by atoms with Crippen LogP contribution in [0.3, 0.4) is 0 Å². The third kappa shape index (κ3) is 12.5. The minimum atomic E-state index is -0.0930. The van der Waals surface area contributed by atoms with Crippen molar-refractivity contribution in [3.63, 3.8) is 0 Å². The highest BCUT2D eigenvalue weighted by molar-refractivity contribution is 6.17. The predicted octanol–water partition coefficient (Wildman–Crippen LogP) is 12.6. The van der Waals surface area contributed by atoms with Crippen molar-refractivity contribution in [2.45, 2.75) is 110 Å². The number of phenols is 3. The fraction of sp³-hybridized carbons (Fsp3) is 0.333. The van der Waals surface area contributed by atoms with E-state index in [1.54, 1.807) is 18.2 Å². The summed E-state index contributed by atoms with van der Waals surface area (Å²) in [5, 5.41) is 47.9. The molecule has 392 valence electrons. The van der Waals surface area contributed by atoms with Gasteiger partial charge in [0.15, 0.2) is 34.9 Å². The van der Waals surface area contributed by atoms with E-state index in [1.165, 1.54) is 114 Å². The molecule has 0 fully saturated rings. The normalized spacial score (nSPS) is 14.2. The number of hydrogen-bond acceptors (Lipinski definition) is 12. The number of halogens is 1. The quantitative estimate of drug-likeness (QED) is 0.0817. The molecule has 12 nitrogen and oxygen atoms in total. The van der Waals surface area contributed by atoms with Crippen LogP contribution in [0.1, 0.15) is 103 Å². The average molecular weight is 1040 g/mol. The SMILES string of the molecule is C.OCCCl.OCCOc1ccc(-c2nc(-c3ccc4c(c3)CCCC4)nc(-c3ccc4c(c3)CCCC4)n2)c(O)c1.Oc1ccc(-c2nc(-c3ccc4c(c3)CCCC4)nc(-c3ccc4c(c3)CCCC4)n2)c(O)c1. The van der Waals surface area contributed by atoms with Crippen molar-refractivity contribution in [3.8, 4) is 91.3 Å². The molecule has 6 aromatic carbocycles. The highest BCUT2D eigenvalue weighted by atomic mass is 35.5. The summed E-state index contributed by atoms with van der Waals surface area (Å²) in [6, 6.07) is 35.6. The van der Waals surface area contributed by atoms with Gasteiger partial charge in [-0.05, 0) is 196 Å². The van der Waals surface area contributed by atoms with Gasteiger partial charge in [-0.15, -0.1) is 11.6 Å². The molecule has 2 heterocycles. The molecular formula is C63H67ClN6O6. The van der Waals surface area contributed by atoms with E-state index in [-0.39, 0.29) is 44.5 Å². The van der Waals surface area contributed by atoms with Crippen LogP contribution >= 0.6 is 11.6 Å². The smallest absolute Gasteiger partial charge is 0.167 e. The van der Waals surface area contributed by atoms with Crippen LogP contribution in [-0.2, 0) is 51.4 Å². The number of aromatic nitrogens is 6. The first-order valence-electron chi connectivity index (χ1n) is 26.5. The number of phenolic OH excluding ortho intramolecular Hbond substituents is 3. The number of alkyl halides is 1. The lowest BCUT2D eigenvalue weighted by molar-refractivity contribution is 0.201. The Morgan fingerprint density at radius 1 is 0.368 bits per heavy atom. The molecule has 2 aromatic heterocycles. The van der Waals surface area contributed by atoms with Crippen LogP contribution in [0.15, 0.2) is 109 Å². The lowest BCUT2D eigenvalue weighted by atomic mass is 9.90. The van der Waals surface area contributed by atoms with Gasteiger partial charge >= 0.3 is 0 Å². The van der Waals surface area contributed by atoms with E-state index in [1.807, 2.05) is 0 Å². The number of aliphatic hydroxyl groups is 2. The van der Waals surface area contributed by atoms with Gasteiger partial charge in [0.05, 0.1) is 24.3 Å². The molecule has 8 aromatic rings. The Hall–Kier alpha value is -7.25. The summed E-state index contributed by atoms with van der Waals surface area (Å²) in [5.74, 6) is 4.01. The molecule has 5 N–H and O–H groups in total. The number of benzene rings is 6. The monoisotopic (exact) mass is 1040 g/mol. The number of rotatable bonds is 10.